The van der Waals surface area contributed by atoms with E-state index in [9.17, 15) is 0 Å². The molecule has 0 aromatic carbocycles. The maximum absolute atomic E-state index is 3.80. The van der Waals surface area contributed by atoms with E-state index in [-0.39, 0.29) is 0 Å². The van der Waals surface area contributed by atoms with Gasteiger partial charge in [-0.25, -0.2) is 0 Å². The molecule has 0 spiro atoms. The predicted octanol–water partition coefficient (Wildman–Crippen LogP) is 2.50. The van der Waals surface area contributed by atoms with Crippen molar-refractivity contribution in [3.05, 3.63) is 0 Å². The number of nitrogens with zero attached hydrogens (tertiary/aromatic N) is 1. The van der Waals surface area contributed by atoms with Crippen LogP contribution in [0.25, 0.3) is 0 Å². The molecule has 1 aliphatic carbocycles. The third-order valence-electron chi connectivity index (χ3n) is 4.50. The first-order chi connectivity index (χ1) is 7.55. The van der Waals surface area contributed by atoms with Crippen molar-refractivity contribution < 1.29 is 0 Å². The normalized spacial score (nSPS) is 32.1. The van der Waals surface area contributed by atoms with Crippen LogP contribution in [-0.4, -0.2) is 37.6 Å². The summed E-state index contributed by atoms with van der Waals surface area (Å²) in [5.74, 6) is 0.930. The first-order valence-electron chi connectivity index (χ1n) is 6.97. The van der Waals surface area contributed by atoms with Gasteiger partial charge in [-0.05, 0) is 70.1 Å². The molecule has 2 heteroatoms. The third kappa shape index (κ3) is 3.46. The number of nitrogens with one attached hydrogen (secondary N) is 1. The molecule has 2 aliphatic rings. The summed E-state index contributed by atoms with van der Waals surface area (Å²) in [6.45, 7) is 8.66. The lowest BCUT2D eigenvalue weighted by Crippen LogP contribution is -2.38. The molecular weight excluding hydrogens is 196 g/mol. The molecule has 94 valence electrons. The van der Waals surface area contributed by atoms with Gasteiger partial charge in [0.1, 0.15) is 0 Å². The van der Waals surface area contributed by atoms with E-state index in [4.69, 9.17) is 0 Å². The second-order valence-electron chi connectivity index (χ2n) is 6.76. The van der Waals surface area contributed by atoms with Crippen LogP contribution < -0.4 is 5.32 Å². The molecule has 1 N–H and O–H groups in total. The van der Waals surface area contributed by atoms with E-state index in [0.717, 1.165) is 12.0 Å². The highest BCUT2D eigenvalue weighted by molar-refractivity contribution is 4.87. The summed E-state index contributed by atoms with van der Waals surface area (Å²) in [6.07, 6.45) is 6.94. The van der Waals surface area contributed by atoms with E-state index in [1.807, 2.05) is 0 Å². The zero-order valence-electron chi connectivity index (χ0n) is 11.3. The standard InChI is InChI=1S/C14H28N2/c1-14(2)7-4-13(10-14)15-11-12-5-8-16(3)9-6-12/h12-13,15H,4-11H2,1-3H3. The SMILES string of the molecule is CN1CCC(CNC2CCC(C)(C)C2)CC1. The second-order valence-corrected chi connectivity index (χ2v) is 6.76. The summed E-state index contributed by atoms with van der Waals surface area (Å²) in [6, 6.07) is 0.801. The van der Waals surface area contributed by atoms with Crippen molar-refractivity contribution in [1.29, 1.82) is 0 Å². The highest BCUT2D eigenvalue weighted by Gasteiger charge is 2.30. The van der Waals surface area contributed by atoms with Crippen molar-refractivity contribution in [3.63, 3.8) is 0 Å². The van der Waals surface area contributed by atoms with Crippen LogP contribution in [0.15, 0.2) is 0 Å². The molecule has 1 atom stereocenters. The van der Waals surface area contributed by atoms with E-state index >= 15 is 0 Å². The molecule has 1 heterocycles. The Morgan fingerprint density at radius 3 is 2.44 bits per heavy atom. The average Bonchev–Trinajstić information content (AvgIpc) is 2.58. The first-order valence-corrected chi connectivity index (χ1v) is 6.97. The maximum Gasteiger partial charge on any atom is 0.00724 e. The molecule has 1 saturated carbocycles. The molecule has 0 aromatic rings. The molecule has 1 saturated heterocycles. The van der Waals surface area contributed by atoms with E-state index < -0.39 is 0 Å². The highest BCUT2D eigenvalue weighted by atomic mass is 15.1. The quantitative estimate of drug-likeness (QED) is 0.792. The van der Waals surface area contributed by atoms with Crippen molar-refractivity contribution in [2.24, 2.45) is 11.3 Å². The Bertz CT molecular complexity index is 217. The van der Waals surface area contributed by atoms with Crippen molar-refractivity contribution in [2.45, 2.75) is 52.0 Å². The summed E-state index contributed by atoms with van der Waals surface area (Å²) >= 11 is 0. The minimum atomic E-state index is 0.588. The fraction of sp³-hybridized carbons (Fsp3) is 1.00. The molecule has 2 fully saturated rings. The van der Waals surface area contributed by atoms with Crippen LogP contribution in [0.5, 0.6) is 0 Å². The Hall–Kier alpha value is -0.0800. The van der Waals surface area contributed by atoms with Gasteiger partial charge in [-0.3, -0.25) is 0 Å². The zero-order chi connectivity index (χ0) is 11.6. The number of hydrogen-bond acceptors (Lipinski definition) is 2. The zero-order valence-corrected chi connectivity index (χ0v) is 11.3. The Morgan fingerprint density at radius 2 is 1.88 bits per heavy atom. The summed E-state index contributed by atoms with van der Waals surface area (Å²) in [5, 5.41) is 3.80. The molecule has 16 heavy (non-hydrogen) atoms. The van der Waals surface area contributed by atoms with Gasteiger partial charge in [0.15, 0.2) is 0 Å². The number of rotatable bonds is 3. The van der Waals surface area contributed by atoms with Crippen LogP contribution in [-0.2, 0) is 0 Å². The molecule has 0 aromatic heterocycles. The Balaban J connectivity index is 1.65. The van der Waals surface area contributed by atoms with Crippen LogP contribution in [0.4, 0.5) is 0 Å². The summed E-state index contributed by atoms with van der Waals surface area (Å²) < 4.78 is 0. The van der Waals surface area contributed by atoms with Crippen LogP contribution in [0, 0.1) is 11.3 Å². The third-order valence-corrected chi connectivity index (χ3v) is 4.50. The van der Waals surface area contributed by atoms with Crippen LogP contribution >= 0.6 is 0 Å². The van der Waals surface area contributed by atoms with Crippen molar-refractivity contribution in [1.82, 2.24) is 10.2 Å². The van der Waals surface area contributed by atoms with Gasteiger partial charge < -0.3 is 10.2 Å². The van der Waals surface area contributed by atoms with Gasteiger partial charge in [0.05, 0.1) is 0 Å². The molecule has 0 amide bonds. The monoisotopic (exact) mass is 224 g/mol. The van der Waals surface area contributed by atoms with Gasteiger partial charge in [0.25, 0.3) is 0 Å². The number of likely N-dealkylation sites (tertiary alicyclic amines) is 1. The van der Waals surface area contributed by atoms with Crippen LogP contribution in [0.3, 0.4) is 0 Å². The van der Waals surface area contributed by atoms with Crippen molar-refractivity contribution >= 4 is 0 Å². The lowest BCUT2D eigenvalue weighted by molar-refractivity contribution is 0.211. The fourth-order valence-corrected chi connectivity index (χ4v) is 3.21. The van der Waals surface area contributed by atoms with Gasteiger partial charge in [-0.15, -0.1) is 0 Å². The Morgan fingerprint density at radius 1 is 1.19 bits per heavy atom. The molecular formula is C14H28N2. The van der Waals surface area contributed by atoms with Gasteiger partial charge in [-0.1, -0.05) is 13.8 Å². The fourth-order valence-electron chi connectivity index (χ4n) is 3.21. The Kier molecular flexibility index (Phi) is 3.91. The van der Waals surface area contributed by atoms with Gasteiger partial charge in [-0.2, -0.15) is 0 Å². The smallest absolute Gasteiger partial charge is 0.00724 e. The summed E-state index contributed by atoms with van der Waals surface area (Å²) in [5.41, 5.74) is 0.588. The molecule has 1 unspecified atom stereocenters. The number of hydrogen-bond donors (Lipinski definition) is 1. The van der Waals surface area contributed by atoms with Crippen molar-refractivity contribution in [2.75, 3.05) is 26.7 Å². The van der Waals surface area contributed by atoms with E-state index in [2.05, 4.69) is 31.1 Å². The van der Waals surface area contributed by atoms with E-state index in [1.165, 1.54) is 51.7 Å². The van der Waals surface area contributed by atoms with Crippen molar-refractivity contribution in [3.8, 4) is 0 Å². The molecule has 0 bridgehead atoms. The van der Waals surface area contributed by atoms with E-state index in [0.29, 0.717) is 5.41 Å². The molecule has 2 nitrogen and oxygen atoms in total. The minimum absolute atomic E-state index is 0.588. The van der Waals surface area contributed by atoms with Crippen LogP contribution in [0.1, 0.15) is 46.0 Å². The Labute approximate surface area is 101 Å². The second kappa shape index (κ2) is 5.05. The predicted molar refractivity (Wildman–Crippen MR) is 69.6 cm³/mol. The first kappa shape index (κ1) is 12.4. The number of piperidine rings is 1. The molecule has 2 rings (SSSR count). The van der Waals surface area contributed by atoms with Gasteiger partial charge in [0.2, 0.25) is 0 Å². The summed E-state index contributed by atoms with van der Waals surface area (Å²) in [7, 11) is 2.24. The minimum Gasteiger partial charge on any atom is -0.314 e. The van der Waals surface area contributed by atoms with Gasteiger partial charge >= 0.3 is 0 Å². The average molecular weight is 224 g/mol. The summed E-state index contributed by atoms with van der Waals surface area (Å²) in [4.78, 5) is 2.45. The largest absolute Gasteiger partial charge is 0.314 e. The van der Waals surface area contributed by atoms with Gasteiger partial charge in [0, 0.05) is 6.04 Å². The lowest BCUT2D eigenvalue weighted by atomic mass is 9.91. The highest BCUT2D eigenvalue weighted by Crippen LogP contribution is 2.37. The van der Waals surface area contributed by atoms with Crippen LogP contribution in [0.2, 0.25) is 0 Å². The molecule has 0 radical (unpaired) electrons. The lowest BCUT2D eigenvalue weighted by Gasteiger charge is -2.30. The van der Waals surface area contributed by atoms with E-state index in [1.54, 1.807) is 0 Å². The topological polar surface area (TPSA) is 15.3 Å². The maximum atomic E-state index is 3.80. The molecule has 1 aliphatic heterocycles.